The monoisotopic (exact) mass is 459 g/mol. The number of nitriles is 1. The van der Waals surface area contributed by atoms with Crippen LogP contribution in [0.4, 0.5) is 0 Å². The second-order valence-corrected chi connectivity index (χ2v) is 8.41. The Hall–Kier alpha value is -3.32. The van der Waals surface area contributed by atoms with E-state index in [2.05, 4.69) is 21.4 Å². The molecule has 2 rings (SSSR count). The Morgan fingerprint density at radius 2 is 1.84 bits per heavy atom. The highest BCUT2D eigenvalue weighted by atomic mass is 32.2. The van der Waals surface area contributed by atoms with E-state index in [9.17, 15) is 24.4 Å². The van der Waals surface area contributed by atoms with Gasteiger partial charge in [-0.3, -0.25) is 14.4 Å². The van der Waals surface area contributed by atoms with E-state index < -0.39 is 29.7 Å². The zero-order valence-electron chi connectivity index (χ0n) is 18.3. The minimum Gasteiger partial charge on any atom is -0.468 e. The maximum absolute atomic E-state index is 12.8. The van der Waals surface area contributed by atoms with Crippen LogP contribution in [0, 0.1) is 23.2 Å². The molecule has 0 saturated carbocycles. The number of esters is 2. The number of nitrogens with zero attached hydrogens (tertiary/aromatic N) is 1. The van der Waals surface area contributed by atoms with Crippen molar-refractivity contribution in [3.8, 4) is 6.07 Å². The maximum atomic E-state index is 12.8. The van der Waals surface area contributed by atoms with Crippen LogP contribution in [-0.2, 0) is 23.9 Å². The van der Waals surface area contributed by atoms with Gasteiger partial charge in [-0.2, -0.15) is 5.26 Å². The number of amides is 2. The van der Waals surface area contributed by atoms with Crippen LogP contribution >= 0.6 is 11.8 Å². The van der Waals surface area contributed by atoms with E-state index in [0.29, 0.717) is 12.1 Å². The fraction of sp³-hybridized carbons (Fsp3) is 0.409. The van der Waals surface area contributed by atoms with Gasteiger partial charge in [-0.15, -0.1) is 0 Å². The van der Waals surface area contributed by atoms with Gasteiger partial charge in [0.15, 0.2) is 0 Å². The van der Waals surface area contributed by atoms with Gasteiger partial charge >= 0.3 is 11.9 Å². The number of carbonyl (C=O) groups excluding carboxylic acids is 4. The Morgan fingerprint density at radius 1 is 1.19 bits per heavy atom. The van der Waals surface area contributed by atoms with Crippen molar-refractivity contribution in [2.45, 2.75) is 19.8 Å². The van der Waals surface area contributed by atoms with Gasteiger partial charge in [-0.1, -0.05) is 37.7 Å². The first-order valence-corrected chi connectivity index (χ1v) is 10.8. The van der Waals surface area contributed by atoms with Gasteiger partial charge in [-0.25, -0.2) is 4.79 Å². The number of nitrogens with one attached hydrogen (secondary N) is 2. The first-order valence-electron chi connectivity index (χ1n) is 9.84. The van der Waals surface area contributed by atoms with Crippen LogP contribution < -0.4 is 10.6 Å². The molecule has 1 aliphatic rings. The Bertz CT molecular complexity index is 965. The normalized spacial score (nSPS) is 17.9. The average Bonchev–Trinajstić information content (AvgIpc) is 2.79. The lowest BCUT2D eigenvalue weighted by Crippen LogP contribution is -2.44. The molecule has 170 valence electrons. The zero-order chi connectivity index (χ0) is 23.8. The summed E-state index contributed by atoms with van der Waals surface area (Å²) in [5.74, 6) is -4.17. The second-order valence-electron chi connectivity index (χ2n) is 7.42. The third-order valence-corrected chi connectivity index (χ3v) is 5.75. The standard InChI is InChI=1S/C22H25N3O6S/c1-12(2)10-24-16(26)11-32-20-15(9-23)17(18(19(27)25-20)22(29)31-4)13-5-7-14(8-6-13)21(28)30-3/h5-8,12,17-18H,10-11H2,1-4H3,(H,24,26)(H,25,27)/t17-,18-/m0/s1. The van der Waals surface area contributed by atoms with Crippen LogP contribution in [0.15, 0.2) is 34.9 Å². The molecular weight excluding hydrogens is 434 g/mol. The lowest BCUT2D eigenvalue weighted by atomic mass is 9.78. The van der Waals surface area contributed by atoms with E-state index in [4.69, 9.17) is 4.74 Å². The lowest BCUT2D eigenvalue weighted by molar-refractivity contribution is -0.150. The number of ether oxygens (including phenoxy) is 2. The summed E-state index contributed by atoms with van der Waals surface area (Å²) in [7, 11) is 2.42. The van der Waals surface area contributed by atoms with Gasteiger partial charge in [0.1, 0.15) is 5.92 Å². The maximum Gasteiger partial charge on any atom is 0.337 e. The van der Waals surface area contributed by atoms with E-state index in [1.54, 1.807) is 12.1 Å². The lowest BCUT2D eigenvalue weighted by Gasteiger charge is -2.31. The molecule has 0 aliphatic carbocycles. The van der Waals surface area contributed by atoms with Crippen molar-refractivity contribution in [1.82, 2.24) is 10.6 Å². The Kier molecular flexibility index (Phi) is 8.84. The van der Waals surface area contributed by atoms with Gasteiger partial charge < -0.3 is 20.1 Å². The molecule has 2 N–H and O–H groups in total. The van der Waals surface area contributed by atoms with Gasteiger partial charge in [0.05, 0.1) is 42.2 Å². The van der Waals surface area contributed by atoms with Crippen molar-refractivity contribution in [2.24, 2.45) is 11.8 Å². The molecule has 1 aliphatic heterocycles. The number of hydrogen-bond donors (Lipinski definition) is 2. The molecule has 0 fully saturated rings. The molecule has 32 heavy (non-hydrogen) atoms. The van der Waals surface area contributed by atoms with Crippen LogP contribution in [-0.4, -0.2) is 50.3 Å². The molecule has 0 bridgehead atoms. The minimum atomic E-state index is -1.29. The number of allylic oxidation sites excluding steroid dienone is 1. The zero-order valence-corrected chi connectivity index (χ0v) is 19.1. The molecule has 0 saturated heterocycles. The van der Waals surface area contributed by atoms with Crippen molar-refractivity contribution in [3.05, 3.63) is 46.0 Å². The van der Waals surface area contributed by atoms with Crippen LogP contribution in [0.5, 0.6) is 0 Å². The smallest absolute Gasteiger partial charge is 0.337 e. The van der Waals surface area contributed by atoms with Gasteiger partial charge in [0, 0.05) is 12.5 Å². The van der Waals surface area contributed by atoms with Crippen LogP contribution in [0.3, 0.4) is 0 Å². The van der Waals surface area contributed by atoms with Crippen molar-refractivity contribution in [2.75, 3.05) is 26.5 Å². The predicted octanol–water partition coefficient (Wildman–Crippen LogP) is 1.72. The highest BCUT2D eigenvalue weighted by molar-refractivity contribution is 8.03. The van der Waals surface area contributed by atoms with Crippen molar-refractivity contribution in [1.29, 1.82) is 5.26 Å². The molecule has 2 amide bonds. The van der Waals surface area contributed by atoms with E-state index in [1.165, 1.54) is 19.2 Å². The van der Waals surface area contributed by atoms with Crippen LogP contribution in [0.25, 0.3) is 0 Å². The van der Waals surface area contributed by atoms with Crippen molar-refractivity contribution in [3.63, 3.8) is 0 Å². The number of rotatable bonds is 8. The van der Waals surface area contributed by atoms with E-state index >= 15 is 0 Å². The summed E-state index contributed by atoms with van der Waals surface area (Å²) in [5, 5.41) is 15.4. The molecule has 10 heteroatoms. The summed E-state index contributed by atoms with van der Waals surface area (Å²) < 4.78 is 9.48. The average molecular weight is 460 g/mol. The summed E-state index contributed by atoms with van der Waals surface area (Å²) in [6.45, 7) is 4.44. The Labute approximate surface area is 190 Å². The van der Waals surface area contributed by atoms with Crippen LogP contribution in [0.2, 0.25) is 0 Å². The molecule has 0 radical (unpaired) electrons. The minimum absolute atomic E-state index is 0.00952. The fourth-order valence-corrected chi connectivity index (χ4v) is 4.01. The quantitative estimate of drug-likeness (QED) is 0.443. The van der Waals surface area contributed by atoms with Gasteiger partial charge in [0.25, 0.3) is 0 Å². The highest BCUT2D eigenvalue weighted by Crippen LogP contribution is 2.40. The summed E-state index contributed by atoms with van der Waals surface area (Å²) >= 11 is 1.01. The first-order chi connectivity index (χ1) is 15.2. The number of thioether (sulfide) groups is 1. The topological polar surface area (TPSA) is 135 Å². The number of hydrogen-bond acceptors (Lipinski definition) is 8. The summed E-state index contributed by atoms with van der Waals surface area (Å²) in [5.41, 5.74) is 0.888. The first kappa shape index (κ1) is 24.9. The molecule has 1 aromatic rings. The summed E-state index contributed by atoms with van der Waals surface area (Å²) in [6.07, 6.45) is 0. The molecule has 0 unspecified atom stereocenters. The molecule has 1 heterocycles. The molecule has 1 aromatic carbocycles. The van der Waals surface area contributed by atoms with Crippen molar-refractivity contribution < 1.29 is 28.7 Å². The third kappa shape index (κ3) is 5.88. The largest absolute Gasteiger partial charge is 0.468 e. The molecule has 0 spiro atoms. The van der Waals surface area contributed by atoms with E-state index in [1.807, 2.05) is 13.8 Å². The van der Waals surface area contributed by atoms with Crippen molar-refractivity contribution >= 4 is 35.5 Å². The predicted molar refractivity (Wildman–Crippen MR) is 117 cm³/mol. The van der Waals surface area contributed by atoms with Gasteiger partial charge in [0.2, 0.25) is 11.8 Å². The molecular formula is C22H25N3O6S. The van der Waals surface area contributed by atoms with Gasteiger partial charge in [-0.05, 0) is 23.6 Å². The number of methoxy groups -OCH3 is 2. The molecule has 2 atom stereocenters. The Morgan fingerprint density at radius 3 is 2.38 bits per heavy atom. The summed E-state index contributed by atoms with van der Waals surface area (Å²) in [4.78, 5) is 49.0. The SMILES string of the molecule is COC(=O)c1ccc([C@H]2C(C#N)=C(SCC(=O)NCC(C)C)NC(=O)[C@H]2C(=O)OC)cc1. The Balaban J connectivity index is 2.41. The number of benzene rings is 1. The molecule has 9 nitrogen and oxygen atoms in total. The third-order valence-electron chi connectivity index (χ3n) is 4.73. The fourth-order valence-electron chi connectivity index (χ4n) is 3.13. The number of carbonyl (C=O) groups is 4. The van der Waals surface area contributed by atoms with Crippen LogP contribution in [0.1, 0.15) is 35.7 Å². The van der Waals surface area contributed by atoms with E-state index in [0.717, 1.165) is 18.9 Å². The second kappa shape index (κ2) is 11.3. The molecule has 0 aromatic heterocycles. The van der Waals surface area contributed by atoms with E-state index in [-0.39, 0.29) is 33.7 Å². The highest BCUT2D eigenvalue weighted by Gasteiger charge is 2.44. The summed E-state index contributed by atoms with van der Waals surface area (Å²) in [6, 6.07) is 8.16.